The zero-order valence-electron chi connectivity index (χ0n) is 9.27. The zero-order valence-corrected chi connectivity index (χ0v) is 11.4. The predicted molar refractivity (Wildman–Crippen MR) is 57.8 cm³/mol. The summed E-state index contributed by atoms with van der Waals surface area (Å²) in [5.41, 5.74) is 0.491. The Labute approximate surface area is 87.8 Å². The Balaban J connectivity index is 4.01. The second-order valence-electron chi connectivity index (χ2n) is 5.56. The Kier molecular flexibility index (Phi) is 4.51. The first-order chi connectivity index (χ1) is 5.62. The molecule has 0 aromatic heterocycles. The van der Waals surface area contributed by atoms with E-state index in [1.165, 1.54) is 0 Å². The Morgan fingerprint density at radius 2 is 1.69 bits per heavy atom. The van der Waals surface area contributed by atoms with Gasteiger partial charge in [0, 0.05) is 0 Å². The molecule has 0 saturated carbocycles. The minimum atomic E-state index is -0.791. The van der Waals surface area contributed by atoms with Gasteiger partial charge in [-0.3, -0.25) is 0 Å². The van der Waals surface area contributed by atoms with Crippen LogP contribution in [0.3, 0.4) is 0 Å². The Morgan fingerprint density at radius 1 is 1.23 bits per heavy atom. The summed E-state index contributed by atoms with van der Waals surface area (Å²) in [4.78, 5) is 10.5. The second kappa shape index (κ2) is 4.50. The van der Waals surface area contributed by atoms with E-state index in [1.807, 2.05) is 0 Å². The monoisotopic (exact) mass is 248 g/mol. The van der Waals surface area contributed by atoms with Crippen molar-refractivity contribution < 1.29 is 9.90 Å². The average molecular weight is 248 g/mol. The molecule has 1 unspecified atom stereocenters. The molecule has 2 nitrogen and oxygen atoms in total. The molecule has 0 heterocycles. The van der Waals surface area contributed by atoms with Crippen molar-refractivity contribution in [2.45, 2.75) is 46.2 Å². The second-order valence-corrected chi connectivity index (χ2v) is 7.94. The third kappa shape index (κ3) is 8.36. The van der Waals surface area contributed by atoms with Gasteiger partial charge in [-0.15, -0.1) is 0 Å². The van der Waals surface area contributed by atoms with Crippen LogP contribution in [-0.4, -0.2) is 25.6 Å². The van der Waals surface area contributed by atoms with E-state index in [0.29, 0.717) is 5.41 Å². The van der Waals surface area contributed by atoms with Crippen LogP contribution in [-0.2, 0) is 0 Å². The van der Waals surface area contributed by atoms with Gasteiger partial charge >= 0.3 is 87.5 Å². The van der Waals surface area contributed by atoms with Crippen LogP contribution in [0.25, 0.3) is 0 Å². The Morgan fingerprint density at radius 3 is 2.00 bits per heavy atom. The van der Waals surface area contributed by atoms with E-state index in [4.69, 9.17) is 5.11 Å². The van der Waals surface area contributed by atoms with Crippen molar-refractivity contribution in [3.8, 4) is 0 Å². The summed E-state index contributed by atoms with van der Waals surface area (Å²) in [5, 5.41) is 9.52. The summed E-state index contributed by atoms with van der Waals surface area (Å²) < 4.78 is -0.568. The van der Waals surface area contributed by atoms with Gasteiger partial charge in [-0.2, -0.15) is 0 Å². The normalized spacial score (nSPS) is 13.9. The zero-order chi connectivity index (χ0) is 10.7. The summed E-state index contributed by atoms with van der Waals surface area (Å²) in [5.74, 6) is 0. The van der Waals surface area contributed by atoms with E-state index in [1.54, 1.807) is 0 Å². The summed E-state index contributed by atoms with van der Waals surface area (Å²) in [6.45, 7) is 11.0. The van der Waals surface area contributed by atoms with E-state index >= 15 is 0 Å². The fraction of sp³-hybridized carbons (Fsp3) is 0.900. The Hall–Kier alpha value is 0.0284. The SMILES string of the molecule is CC(C)(C)CC(C)(C)C[AsH]C(=O)O. The van der Waals surface area contributed by atoms with Crippen molar-refractivity contribution in [3.05, 3.63) is 0 Å². The predicted octanol–water partition coefficient (Wildman–Crippen LogP) is 2.98. The first-order valence-corrected chi connectivity index (χ1v) is 7.12. The molecule has 0 aliphatic rings. The molecular weight excluding hydrogens is 227 g/mol. The molecule has 1 N–H and O–H groups in total. The van der Waals surface area contributed by atoms with Crippen LogP contribution in [0.4, 0.5) is 4.79 Å². The van der Waals surface area contributed by atoms with Crippen molar-refractivity contribution >= 4 is 20.5 Å². The van der Waals surface area contributed by atoms with Gasteiger partial charge in [0.25, 0.3) is 0 Å². The number of carboxylic acid groups (broad SMARTS) is 1. The van der Waals surface area contributed by atoms with Gasteiger partial charge in [0.1, 0.15) is 0 Å². The molecule has 0 saturated heterocycles. The van der Waals surface area contributed by atoms with Crippen LogP contribution in [0.15, 0.2) is 0 Å². The minimum absolute atomic E-state index is 0.191. The standard InChI is InChI=1S/C10H21AsO2/c1-9(2,3)6-10(4,5)7-11-8(12)13/h11H,6-7H2,1-5H3,(H,12,13). The fourth-order valence-corrected chi connectivity index (χ4v) is 3.40. The topological polar surface area (TPSA) is 37.3 Å². The molecule has 0 aliphatic heterocycles. The van der Waals surface area contributed by atoms with Gasteiger partial charge in [0.15, 0.2) is 0 Å². The van der Waals surface area contributed by atoms with Crippen LogP contribution < -0.4 is 0 Å². The molecule has 0 aromatic carbocycles. The van der Waals surface area contributed by atoms with Crippen LogP contribution in [0.1, 0.15) is 41.0 Å². The number of hydrogen-bond donors (Lipinski definition) is 1. The molecule has 78 valence electrons. The van der Waals surface area contributed by atoms with Crippen molar-refractivity contribution in [3.63, 3.8) is 0 Å². The molecule has 0 amide bonds. The van der Waals surface area contributed by atoms with Gasteiger partial charge in [0.05, 0.1) is 0 Å². The van der Waals surface area contributed by atoms with E-state index in [2.05, 4.69) is 34.6 Å². The number of hydrogen-bond acceptors (Lipinski definition) is 1. The van der Waals surface area contributed by atoms with E-state index in [-0.39, 0.29) is 5.41 Å². The molecule has 13 heavy (non-hydrogen) atoms. The first kappa shape index (κ1) is 13.0. The first-order valence-electron chi connectivity index (χ1n) is 4.59. The molecule has 0 aromatic rings. The summed E-state index contributed by atoms with van der Waals surface area (Å²) >= 11 is -0.791. The van der Waals surface area contributed by atoms with Gasteiger partial charge < -0.3 is 0 Å². The summed E-state index contributed by atoms with van der Waals surface area (Å²) in [6, 6.07) is 0. The fourth-order valence-electron chi connectivity index (χ4n) is 1.81. The maximum atomic E-state index is 10.5. The molecule has 0 spiro atoms. The van der Waals surface area contributed by atoms with Gasteiger partial charge in [-0.25, -0.2) is 0 Å². The molecule has 0 bridgehead atoms. The van der Waals surface area contributed by atoms with E-state index in [9.17, 15) is 4.79 Å². The van der Waals surface area contributed by atoms with Crippen LogP contribution in [0.5, 0.6) is 0 Å². The molecule has 0 aliphatic carbocycles. The number of rotatable bonds is 4. The van der Waals surface area contributed by atoms with Crippen molar-refractivity contribution in [1.82, 2.24) is 0 Å². The van der Waals surface area contributed by atoms with Crippen molar-refractivity contribution in [2.24, 2.45) is 10.8 Å². The van der Waals surface area contributed by atoms with Crippen LogP contribution in [0, 0.1) is 10.8 Å². The molecule has 0 rings (SSSR count). The quantitative estimate of drug-likeness (QED) is 0.776. The van der Waals surface area contributed by atoms with Gasteiger partial charge in [0.2, 0.25) is 0 Å². The summed E-state index contributed by atoms with van der Waals surface area (Å²) in [7, 11) is 0. The molecule has 3 heteroatoms. The third-order valence-corrected chi connectivity index (χ3v) is 4.74. The van der Waals surface area contributed by atoms with Crippen LogP contribution >= 0.6 is 0 Å². The van der Waals surface area contributed by atoms with Gasteiger partial charge in [-0.1, -0.05) is 0 Å². The molecule has 1 atom stereocenters. The summed E-state index contributed by atoms with van der Waals surface area (Å²) in [6.07, 6.45) is 1.09. The van der Waals surface area contributed by atoms with Crippen LogP contribution in [0.2, 0.25) is 5.21 Å². The molecular formula is C10H21AsO2. The number of carbonyl (C=O) groups is 1. The molecule has 0 radical (unpaired) electrons. The van der Waals surface area contributed by atoms with Gasteiger partial charge in [-0.05, 0) is 0 Å². The third-order valence-electron chi connectivity index (χ3n) is 1.73. The molecule has 0 fully saturated rings. The van der Waals surface area contributed by atoms with Crippen molar-refractivity contribution in [1.29, 1.82) is 0 Å². The van der Waals surface area contributed by atoms with Crippen molar-refractivity contribution in [2.75, 3.05) is 0 Å². The Bertz CT molecular complexity index is 180. The van der Waals surface area contributed by atoms with E-state index in [0.717, 1.165) is 11.6 Å². The maximum absolute atomic E-state index is 10.5. The average Bonchev–Trinajstić information content (AvgIpc) is 1.78. The van der Waals surface area contributed by atoms with E-state index < -0.39 is 20.5 Å².